The van der Waals surface area contributed by atoms with Crippen LogP contribution in [0.2, 0.25) is 0 Å². The first-order chi connectivity index (χ1) is 4.55. The summed E-state index contributed by atoms with van der Waals surface area (Å²) in [5.41, 5.74) is 0. The maximum Gasteiger partial charge on any atom is 0.248 e. The Morgan fingerprint density at radius 3 is 2.50 bits per heavy atom. The van der Waals surface area contributed by atoms with Gasteiger partial charge in [-0.25, -0.2) is 0 Å². The second-order valence-electron chi connectivity index (χ2n) is 2.30. The summed E-state index contributed by atoms with van der Waals surface area (Å²) in [6, 6.07) is 0. The van der Waals surface area contributed by atoms with Crippen molar-refractivity contribution in [3.63, 3.8) is 0 Å². The molecule has 0 aromatic heterocycles. The Balaban J connectivity index is 2.52. The van der Waals surface area contributed by atoms with Crippen LogP contribution in [-0.2, 0) is 4.74 Å². The molecule has 0 aromatic rings. The molecule has 0 bridgehead atoms. The fourth-order valence-electron chi connectivity index (χ4n) is 0.907. The molecule has 4 nitrogen and oxygen atoms in total. The van der Waals surface area contributed by atoms with Crippen LogP contribution in [0.1, 0.15) is 6.42 Å². The largest absolute Gasteiger partial charge is 0.394 e. The Morgan fingerprint density at radius 2 is 2.30 bits per heavy atom. The van der Waals surface area contributed by atoms with Gasteiger partial charge in [-0.3, -0.25) is 0 Å². The van der Waals surface area contributed by atoms with Crippen LogP contribution in [0.5, 0.6) is 0 Å². The van der Waals surface area contributed by atoms with Gasteiger partial charge in [-0.1, -0.05) is 11.6 Å². The van der Waals surface area contributed by atoms with Gasteiger partial charge in [0.05, 0.1) is 12.7 Å². The summed E-state index contributed by atoms with van der Waals surface area (Å²) in [5, 5.41) is 24.6. The number of rotatable bonds is 1. The van der Waals surface area contributed by atoms with Gasteiger partial charge in [-0.05, 0) is 0 Å². The third-order valence-corrected chi connectivity index (χ3v) is 1.65. The van der Waals surface area contributed by atoms with Crippen LogP contribution in [0, 0.1) is 0 Å². The maximum atomic E-state index is 9.00. The first-order valence-electron chi connectivity index (χ1n) is 2.93. The van der Waals surface area contributed by atoms with Crippen molar-refractivity contribution in [2.24, 2.45) is 0 Å². The van der Waals surface area contributed by atoms with Crippen LogP contribution >= 0.6 is 11.6 Å². The predicted octanol–water partition coefficient (Wildman–Crippen LogP) is -0.987. The van der Waals surface area contributed by atoms with E-state index in [1.54, 1.807) is 0 Å². The van der Waals surface area contributed by atoms with Crippen LogP contribution in [0.15, 0.2) is 0 Å². The lowest BCUT2D eigenvalue weighted by atomic mass is 10.2. The number of ether oxygens (including phenoxy) is 1. The third kappa shape index (κ3) is 1.59. The summed E-state index contributed by atoms with van der Waals surface area (Å²) in [6.45, 7) is -0.337. The smallest absolute Gasteiger partial charge is 0.248 e. The van der Waals surface area contributed by atoms with E-state index in [0.717, 1.165) is 0 Å². The van der Waals surface area contributed by atoms with E-state index >= 15 is 0 Å². The minimum absolute atomic E-state index is 0.0697. The summed E-state index contributed by atoms with van der Waals surface area (Å²) in [4.78, 5) is 0. The van der Waals surface area contributed by atoms with Gasteiger partial charge in [-0.2, -0.15) is 0 Å². The van der Waals surface area contributed by atoms with Gasteiger partial charge in [0.15, 0.2) is 0 Å². The Bertz CT molecular complexity index is 127. The second-order valence-corrected chi connectivity index (χ2v) is 2.89. The molecule has 0 amide bonds. The van der Waals surface area contributed by atoms with E-state index in [-0.39, 0.29) is 13.0 Å². The normalized spacial score (nSPS) is 48.0. The molecule has 0 radical (unpaired) electrons. The molecule has 3 N–H and O–H groups in total. The van der Waals surface area contributed by atoms with Gasteiger partial charge in [0.1, 0.15) is 6.10 Å². The lowest BCUT2D eigenvalue weighted by Crippen LogP contribution is -2.25. The van der Waals surface area contributed by atoms with E-state index < -0.39 is 17.5 Å². The molecule has 1 aliphatic heterocycles. The SMILES string of the molecule is OC[C@H]1O[C@@](O)(Cl)C[C@@H]1O. The van der Waals surface area contributed by atoms with Gasteiger partial charge in [0.25, 0.3) is 0 Å². The van der Waals surface area contributed by atoms with Crippen molar-refractivity contribution in [1.29, 1.82) is 0 Å². The zero-order valence-corrected chi connectivity index (χ0v) is 5.95. The molecule has 1 rings (SSSR count). The highest BCUT2D eigenvalue weighted by Crippen LogP contribution is 2.31. The van der Waals surface area contributed by atoms with E-state index in [9.17, 15) is 0 Å². The Kier molecular flexibility index (Phi) is 2.17. The van der Waals surface area contributed by atoms with Crippen molar-refractivity contribution < 1.29 is 20.1 Å². The molecule has 1 fully saturated rings. The van der Waals surface area contributed by atoms with E-state index in [1.165, 1.54) is 0 Å². The van der Waals surface area contributed by atoms with Gasteiger partial charge < -0.3 is 20.1 Å². The summed E-state index contributed by atoms with van der Waals surface area (Å²) in [6.07, 6.45) is -1.71. The third-order valence-electron chi connectivity index (χ3n) is 1.40. The number of aliphatic hydroxyl groups is 3. The highest BCUT2D eigenvalue weighted by molar-refractivity contribution is 6.21. The minimum atomic E-state index is -1.80. The Morgan fingerprint density at radius 1 is 1.70 bits per heavy atom. The summed E-state index contributed by atoms with van der Waals surface area (Å²) in [7, 11) is 0. The zero-order valence-electron chi connectivity index (χ0n) is 5.20. The van der Waals surface area contributed by atoms with Crippen molar-refractivity contribution in [2.75, 3.05) is 6.61 Å². The van der Waals surface area contributed by atoms with E-state index in [4.69, 9.17) is 26.9 Å². The molecule has 3 atom stereocenters. The van der Waals surface area contributed by atoms with Crippen molar-refractivity contribution in [2.45, 2.75) is 23.9 Å². The molecule has 0 aliphatic carbocycles. The Hall–Kier alpha value is 0.130. The average Bonchev–Trinajstić information content (AvgIpc) is 2.05. The van der Waals surface area contributed by atoms with Crippen LogP contribution in [0.3, 0.4) is 0 Å². The number of aliphatic hydroxyl groups excluding tert-OH is 2. The molecular formula is C5H9ClO4. The van der Waals surface area contributed by atoms with Gasteiger partial charge in [0.2, 0.25) is 5.25 Å². The predicted molar refractivity (Wildman–Crippen MR) is 33.4 cm³/mol. The van der Waals surface area contributed by atoms with Crippen molar-refractivity contribution >= 4 is 11.6 Å². The average molecular weight is 169 g/mol. The molecule has 60 valence electrons. The monoisotopic (exact) mass is 168 g/mol. The highest BCUT2D eigenvalue weighted by atomic mass is 35.5. The molecule has 1 aliphatic rings. The fraction of sp³-hybridized carbons (Fsp3) is 1.00. The molecule has 1 heterocycles. The molecular weight excluding hydrogens is 160 g/mol. The van der Waals surface area contributed by atoms with Crippen molar-refractivity contribution in [3.05, 3.63) is 0 Å². The maximum absolute atomic E-state index is 9.00. The molecule has 5 heteroatoms. The van der Waals surface area contributed by atoms with E-state index in [0.29, 0.717) is 0 Å². The summed E-state index contributed by atoms with van der Waals surface area (Å²) in [5.74, 6) is 0. The number of hydrogen-bond donors (Lipinski definition) is 3. The standard InChI is InChI=1S/C5H9ClO4/c6-5(9)1-3(8)4(2-7)10-5/h3-4,7-9H,1-2H2/t3-,4+,5+/m0/s1. The van der Waals surface area contributed by atoms with Gasteiger partial charge in [0, 0.05) is 6.42 Å². The van der Waals surface area contributed by atoms with Crippen molar-refractivity contribution in [1.82, 2.24) is 0 Å². The fourth-order valence-corrected chi connectivity index (χ4v) is 1.18. The Labute approximate surface area is 63.0 Å². The lowest BCUT2D eigenvalue weighted by molar-refractivity contribution is -0.139. The molecule has 0 aromatic carbocycles. The van der Waals surface area contributed by atoms with Crippen LogP contribution in [0.4, 0.5) is 0 Å². The molecule has 0 saturated carbocycles. The molecule has 1 saturated heterocycles. The number of halogens is 1. The van der Waals surface area contributed by atoms with E-state index in [2.05, 4.69) is 4.74 Å². The minimum Gasteiger partial charge on any atom is -0.394 e. The van der Waals surface area contributed by atoms with Gasteiger partial charge >= 0.3 is 0 Å². The topological polar surface area (TPSA) is 69.9 Å². The lowest BCUT2D eigenvalue weighted by Gasteiger charge is -2.12. The molecule has 10 heavy (non-hydrogen) atoms. The highest BCUT2D eigenvalue weighted by Gasteiger charge is 2.42. The number of alkyl halides is 1. The van der Waals surface area contributed by atoms with Crippen LogP contribution < -0.4 is 0 Å². The molecule has 0 unspecified atom stereocenters. The summed E-state index contributed by atoms with van der Waals surface area (Å²) >= 11 is 5.30. The van der Waals surface area contributed by atoms with E-state index in [1.807, 2.05) is 0 Å². The zero-order chi connectivity index (χ0) is 7.78. The quantitative estimate of drug-likeness (QED) is 0.440. The first kappa shape index (κ1) is 8.23. The second kappa shape index (κ2) is 2.64. The van der Waals surface area contributed by atoms with Crippen molar-refractivity contribution in [3.8, 4) is 0 Å². The number of hydrogen-bond acceptors (Lipinski definition) is 4. The van der Waals surface area contributed by atoms with Gasteiger partial charge in [-0.15, -0.1) is 0 Å². The first-order valence-corrected chi connectivity index (χ1v) is 3.31. The molecule has 0 spiro atoms. The van der Waals surface area contributed by atoms with Crippen LogP contribution in [0.25, 0.3) is 0 Å². The summed E-state index contributed by atoms with van der Waals surface area (Å²) < 4.78 is 4.63. The van der Waals surface area contributed by atoms with Crippen LogP contribution in [-0.4, -0.2) is 39.4 Å².